The standard InChI is InChI=1S/C30H34FN5O/c1-20(2)9-11-24-21(3)25(18-32)29-33-26-7-5-6-8-27(26)36(29)30(24)35-15-13-34(14-16-35)19-22-17-23(31)10-12-28(22)37-4/h5-8,10,12,17,20H,9,11,13-16,19H2,1-4H3/p+2. The van der Waals surface area contributed by atoms with Gasteiger partial charge in [0.1, 0.15) is 67.0 Å². The van der Waals surface area contributed by atoms with Gasteiger partial charge in [-0.3, -0.25) is 9.88 Å². The number of pyridine rings is 1. The summed E-state index contributed by atoms with van der Waals surface area (Å²) in [5, 5.41) is 10.1. The van der Waals surface area contributed by atoms with Gasteiger partial charge in [0.05, 0.1) is 12.7 Å². The Hall–Kier alpha value is -3.63. The van der Waals surface area contributed by atoms with Gasteiger partial charge in [0.15, 0.2) is 0 Å². The van der Waals surface area contributed by atoms with Gasteiger partial charge in [-0.05, 0) is 61.6 Å². The third-order valence-electron chi connectivity index (χ3n) is 7.70. The van der Waals surface area contributed by atoms with E-state index in [-0.39, 0.29) is 5.82 Å². The van der Waals surface area contributed by atoms with Gasteiger partial charge < -0.3 is 9.64 Å². The summed E-state index contributed by atoms with van der Waals surface area (Å²) in [6, 6.07) is 15.5. The summed E-state index contributed by atoms with van der Waals surface area (Å²) in [7, 11) is 1.64. The van der Waals surface area contributed by atoms with Crippen LogP contribution in [-0.4, -0.2) is 38.3 Å². The number of ether oxygens (including phenoxy) is 1. The summed E-state index contributed by atoms with van der Waals surface area (Å²) < 4.78 is 21.7. The van der Waals surface area contributed by atoms with E-state index in [2.05, 4.69) is 59.3 Å². The fraction of sp³-hybridized carbons (Fsp3) is 0.400. The van der Waals surface area contributed by atoms with E-state index in [1.165, 1.54) is 22.3 Å². The molecular formula is C30H36FN5O+2. The lowest BCUT2D eigenvalue weighted by Crippen LogP contribution is -3.13. The Morgan fingerprint density at radius 3 is 2.65 bits per heavy atom. The largest absolute Gasteiger partial charge is 0.496 e. The van der Waals surface area contributed by atoms with Crippen molar-refractivity contribution in [2.24, 2.45) is 5.92 Å². The number of nitrogens with zero attached hydrogens (tertiary/aromatic N) is 3. The number of methoxy groups -OCH3 is 1. The first kappa shape index (κ1) is 25.0. The highest BCUT2D eigenvalue weighted by molar-refractivity contribution is 5.78. The lowest BCUT2D eigenvalue weighted by molar-refractivity contribution is -0.914. The molecule has 0 aliphatic carbocycles. The molecule has 1 aliphatic heterocycles. The van der Waals surface area contributed by atoms with Crippen LogP contribution < -0.4 is 18.9 Å². The van der Waals surface area contributed by atoms with Crippen LogP contribution in [0, 0.1) is 30.0 Å². The Morgan fingerprint density at radius 1 is 1.19 bits per heavy atom. The van der Waals surface area contributed by atoms with Gasteiger partial charge in [0, 0.05) is 5.56 Å². The molecule has 1 saturated heterocycles. The van der Waals surface area contributed by atoms with Crippen molar-refractivity contribution in [2.45, 2.75) is 40.2 Å². The number of hydrogen-bond donors (Lipinski definition) is 2. The lowest BCUT2D eigenvalue weighted by Gasteiger charge is -2.32. The predicted octanol–water partition coefficient (Wildman–Crippen LogP) is 3.73. The van der Waals surface area contributed by atoms with Crippen molar-refractivity contribution in [1.29, 1.82) is 5.26 Å². The van der Waals surface area contributed by atoms with Crippen molar-refractivity contribution in [3.8, 4) is 11.8 Å². The zero-order valence-corrected chi connectivity index (χ0v) is 22.2. The van der Waals surface area contributed by atoms with Crippen molar-refractivity contribution in [3.05, 3.63) is 70.5 Å². The van der Waals surface area contributed by atoms with E-state index in [4.69, 9.17) is 4.74 Å². The van der Waals surface area contributed by atoms with Crippen LogP contribution in [0.4, 0.5) is 10.2 Å². The molecule has 37 heavy (non-hydrogen) atoms. The average molecular weight is 502 g/mol. The maximum atomic E-state index is 13.9. The SMILES string of the molecule is COc1ccc(F)cc1C[NH+]1CCN(c2c(CCC(C)C)c(C)c(C#N)c3[nH]c4ccccc4[n+]23)CC1. The van der Waals surface area contributed by atoms with Crippen LogP contribution in [0.3, 0.4) is 0 Å². The molecule has 7 heteroatoms. The number of anilines is 1. The van der Waals surface area contributed by atoms with Crippen LogP contribution in [0.1, 0.15) is 42.5 Å². The summed E-state index contributed by atoms with van der Waals surface area (Å²) in [5.41, 5.74) is 6.96. The van der Waals surface area contributed by atoms with Crippen molar-refractivity contribution in [3.63, 3.8) is 0 Å². The molecular weight excluding hydrogens is 465 g/mol. The van der Waals surface area contributed by atoms with Gasteiger partial charge in [-0.1, -0.05) is 26.0 Å². The Bertz CT molecular complexity index is 1480. The molecule has 2 aromatic heterocycles. The molecule has 2 N–H and O–H groups in total. The van der Waals surface area contributed by atoms with Crippen LogP contribution in [0.5, 0.6) is 5.75 Å². The van der Waals surface area contributed by atoms with Crippen molar-refractivity contribution < 1.29 is 18.4 Å². The molecule has 6 nitrogen and oxygen atoms in total. The molecule has 0 amide bonds. The van der Waals surface area contributed by atoms with Crippen molar-refractivity contribution in [1.82, 2.24) is 4.98 Å². The Morgan fingerprint density at radius 2 is 1.95 bits per heavy atom. The van der Waals surface area contributed by atoms with E-state index >= 15 is 0 Å². The molecule has 0 bridgehead atoms. The summed E-state index contributed by atoms with van der Waals surface area (Å²) in [4.78, 5) is 7.43. The van der Waals surface area contributed by atoms with Gasteiger partial charge in [-0.15, -0.1) is 0 Å². The first-order valence-electron chi connectivity index (χ1n) is 13.2. The minimum absolute atomic E-state index is 0.227. The van der Waals surface area contributed by atoms with Crippen molar-refractivity contribution >= 4 is 22.5 Å². The molecule has 0 radical (unpaired) electrons. The molecule has 0 spiro atoms. The Kier molecular flexibility index (Phi) is 7.03. The number of H-pyrrole nitrogens is 1. The maximum absolute atomic E-state index is 13.9. The highest BCUT2D eigenvalue weighted by Crippen LogP contribution is 2.30. The molecule has 4 aromatic rings. The molecule has 0 atom stereocenters. The number of piperazine rings is 1. The zero-order valence-electron chi connectivity index (χ0n) is 22.2. The quantitative estimate of drug-likeness (QED) is 0.380. The molecule has 0 saturated carbocycles. The second-order valence-corrected chi connectivity index (χ2v) is 10.5. The monoisotopic (exact) mass is 501 g/mol. The number of aromatic nitrogens is 2. The number of halogens is 1. The smallest absolute Gasteiger partial charge is 0.250 e. The molecule has 2 aromatic carbocycles. The molecule has 3 heterocycles. The highest BCUT2D eigenvalue weighted by Gasteiger charge is 2.33. The van der Waals surface area contributed by atoms with E-state index in [0.717, 1.165) is 84.7 Å². The minimum Gasteiger partial charge on any atom is -0.496 e. The topological polar surface area (TPSA) is 60.6 Å². The number of rotatable bonds is 7. The molecule has 5 rings (SSSR count). The van der Waals surface area contributed by atoms with Crippen LogP contribution in [-0.2, 0) is 13.0 Å². The summed E-state index contributed by atoms with van der Waals surface area (Å²) >= 11 is 0. The number of hydrogen-bond acceptors (Lipinski definition) is 3. The molecule has 192 valence electrons. The minimum atomic E-state index is -0.227. The first-order valence-corrected chi connectivity index (χ1v) is 13.2. The number of quaternary nitrogens is 1. The van der Waals surface area contributed by atoms with Gasteiger partial charge in [0.2, 0.25) is 11.5 Å². The van der Waals surface area contributed by atoms with E-state index in [1.807, 2.05) is 6.07 Å². The Labute approximate surface area is 217 Å². The number of fused-ring (bicyclic) bond motifs is 3. The molecule has 1 aliphatic rings. The number of para-hydroxylation sites is 2. The molecule has 1 fully saturated rings. The van der Waals surface area contributed by atoms with Gasteiger partial charge in [-0.2, -0.15) is 9.66 Å². The van der Waals surface area contributed by atoms with Crippen LogP contribution >= 0.6 is 0 Å². The van der Waals surface area contributed by atoms with E-state index in [0.29, 0.717) is 5.92 Å². The Balaban J connectivity index is 1.53. The van der Waals surface area contributed by atoms with E-state index in [9.17, 15) is 9.65 Å². The third-order valence-corrected chi connectivity index (χ3v) is 7.70. The summed E-state index contributed by atoms with van der Waals surface area (Å²) in [6.07, 6.45) is 2.00. The average Bonchev–Trinajstić information content (AvgIpc) is 3.27. The van der Waals surface area contributed by atoms with Crippen LogP contribution in [0.15, 0.2) is 42.5 Å². The van der Waals surface area contributed by atoms with Gasteiger partial charge >= 0.3 is 0 Å². The first-order chi connectivity index (χ1) is 17.9. The highest BCUT2D eigenvalue weighted by atomic mass is 19.1. The van der Waals surface area contributed by atoms with Crippen molar-refractivity contribution in [2.75, 3.05) is 38.2 Å². The number of aromatic amines is 1. The fourth-order valence-electron chi connectivity index (χ4n) is 5.67. The summed E-state index contributed by atoms with van der Waals surface area (Å²) in [5.74, 6) is 2.29. The number of imidazole rings is 1. The molecule has 0 unspecified atom stereocenters. The number of nitriles is 1. The third kappa shape index (κ3) is 4.74. The van der Waals surface area contributed by atoms with Gasteiger partial charge in [-0.25, -0.2) is 4.39 Å². The summed E-state index contributed by atoms with van der Waals surface area (Å²) in [6.45, 7) is 11.0. The number of nitrogens with one attached hydrogen (secondary N) is 2. The maximum Gasteiger partial charge on any atom is 0.250 e. The predicted molar refractivity (Wildman–Crippen MR) is 144 cm³/mol. The lowest BCUT2D eigenvalue weighted by atomic mass is 9.96. The van der Waals surface area contributed by atoms with Crippen LogP contribution in [0.25, 0.3) is 16.7 Å². The zero-order chi connectivity index (χ0) is 26.1. The second kappa shape index (κ2) is 10.4. The number of benzene rings is 2. The van der Waals surface area contributed by atoms with Crippen LogP contribution in [0.2, 0.25) is 0 Å². The normalized spacial score (nSPS) is 14.6. The van der Waals surface area contributed by atoms with E-state index in [1.54, 1.807) is 19.2 Å². The van der Waals surface area contributed by atoms with E-state index < -0.39 is 0 Å². The fourth-order valence-corrected chi connectivity index (χ4v) is 5.67. The van der Waals surface area contributed by atoms with Gasteiger partial charge in [0.25, 0.3) is 0 Å². The second-order valence-electron chi connectivity index (χ2n) is 10.5.